The van der Waals surface area contributed by atoms with E-state index in [2.05, 4.69) is 62.3 Å². The number of hydrogen-bond acceptors (Lipinski definition) is 2. The fourth-order valence-corrected chi connectivity index (χ4v) is 3.53. The van der Waals surface area contributed by atoms with Crippen molar-refractivity contribution < 1.29 is 0 Å². The summed E-state index contributed by atoms with van der Waals surface area (Å²) in [7, 11) is 2.09. The zero-order valence-electron chi connectivity index (χ0n) is 14.2. The molecule has 0 spiro atoms. The summed E-state index contributed by atoms with van der Waals surface area (Å²) in [6.07, 6.45) is 5.09. The van der Waals surface area contributed by atoms with E-state index >= 15 is 0 Å². The van der Waals surface area contributed by atoms with Crippen LogP contribution in [0.4, 0.5) is 0 Å². The van der Waals surface area contributed by atoms with Gasteiger partial charge in [-0.1, -0.05) is 44.5 Å². The molecule has 0 aromatic heterocycles. The molecule has 1 aromatic carbocycles. The molecular formula is C19H32N2. The molecule has 1 N–H and O–H groups in total. The third-order valence-electron chi connectivity index (χ3n) is 4.96. The summed E-state index contributed by atoms with van der Waals surface area (Å²) in [5.41, 5.74) is 2.87. The summed E-state index contributed by atoms with van der Waals surface area (Å²) >= 11 is 0. The van der Waals surface area contributed by atoms with Crippen LogP contribution in [-0.2, 0) is 6.42 Å². The predicted molar refractivity (Wildman–Crippen MR) is 91.7 cm³/mol. The highest BCUT2D eigenvalue weighted by atomic mass is 15.2. The minimum Gasteiger partial charge on any atom is -0.312 e. The normalized spacial score (nSPS) is 25.0. The Bertz CT molecular complexity index is 412. The van der Waals surface area contributed by atoms with Gasteiger partial charge in [0.05, 0.1) is 0 Å². The van der Waals surface area contributed by atoms with Gasteiger partial charge in [0.25, 0.3) is 0 Å². The lowest BCUT2D eigenvalue weighted by atomic mass is 9.92. The molecule has 3 unspecified atom stereocenters. The molecule has 1 aliphatic heterocycles. The van der Waals surface area contributed by atoms with Crippen molar-refractivity contribution in [3.05, 3.63) is 35.4 Å². The molecule has 1 aromatic rings. The van der Waals surface area contributed by atoms with E-state index in [1.165, 1.54) is 43.4 Å². The fourth-order valence-electron chi connectivity index (χ4n) is 3.53. The molecule has 2 nitrogen and oxygen atoms in total. The molecule has 0 aliphatic carbocycles. The minimum absolute atomic E-state index is 0.441. The molecule has 1 aliphatic rings. The number of piperidine rings is 1. The molecule has 1 fully saturated rings. The summed E-state index contributed by atoms with van der Waals surface area (Å²) in [6, 6.07) is 10.4. The molecule has 1 saturated heterocycles. The van der Waals surface area contributed by atoms with Crippen LogP contribution in [0.25, 0.3) is 0 Å². The molecule has 0 radical (unpaired) electrons. The van der Waals surface area contributed by atoms with Crippen LogP contribution in [0.2, 0.25) is 0 Å². The lowest BCUT2D eigenvalue weighted by Crippen LogP contribution is -2.44. The number of likely N-dealkylation sites (tertiary alicyclic amines) is 1. The molecule has 118 valence electrons. The van der Waals surface area contributed by atoms with E-state index in [4.69, 9.17) is 0 Å². The molecule has 0 saturated carbocycles. The summed E-state index contributed by atoms with van der Waals surface area (Å²) in [4.78, 5) is 2.65. The van der Waals surface area contributed by atoms with Crippen molar-refractivity contribution in [1.82, 2.24) is 10.2 Å². The van der Waals surface area contributed by atoms with E-state index in [1.807, 2.05) is 0 Å². The number of aryl methyl sites for hydroxylation is 1. The standard InChI is InChI=1S/C19H32N2/c1-5-6-17-7-9-18(10-8-17)19(20-4)14-21-12-11-15(2)13-16(21)3/h7-10,15-16,19-20H,5-6,11-14H2,1-4H3. The molecule has 2 heteroatoms. The third-order valence-corrected chi connectivity index (χ3v) is 4.96. The zero-order valence-corrected chi connectivity index (χ0v) is 14.2. The van der Waals surface area contributed by atoms with Gasteiger partial charge < -0.3 is 5.32 Å². The highest BCUT2D eigenvalue weighted by Crippen LogP contribution is 2.25. The molecule has 21 heavy (non-hydrogen) atoms. The van der Waals surface area contributed by atoms with Crippen LogP contribution < -0.4 is 5.32 Å². The van der Waals surface area contributed by atoms with Gasteiger partial charge in [-0.25, -0.2) is 0 Å². The predicted octanol–water partition coefficient (Wildman–Crippen LogP) is 4.02. The van der Waals surface area contributed by atoms with Crippen LogP contribution >= 0.6 is 0 Å². The summed E-state index contributed by atoms with van der Waals surface area (Å²) in [6.45, 7) is 9.37. The maximum absolute atomic E-state index is 3.51. The van der Waals surface area contributed by atoms with Gasteiger partial charge in [-0.3, -0.25) is 4.90 Å². The van der Waals surface area contributed by atoms with Gasteiger partial charge in [-0.05, 0) is 56.8 Å². The number of rotatable bonds is 6. The number of benzene rings is 1. The van der Waals surface area contributed by atoms with Gasteiger partial charge in [0.1, 0.15) is 0 Å². The molecule has 2 rings (SSSR count). The Hall–Kier alpha value is -0.860. The van der Waals surface area contributed by atoms with Crippen molar-refractivity contribution in [2.24, 2.45) is 5.92 Å². The second kappa shape index (κ2) is 7.95. The fraction of sp³-hybridized carbons (Fsp3) is 0.684. The number of nitrogens with zero attached hydrogens (tertiary/aromatic N) is 1. The molecular weight excluding hydrogens is 256 g/mol. The lowest BCUT2D eigenvalue weighted by molar-refractivity contribution is 0.118. The van der Waals surface area contributed by atoms with Crippen molar-refractivity contribution in [1.29, 1.82) is 0 Å². The van der Waals surface area contributed by atoms with Crippen LogP contribution in [0.3, 0.4) is 0 Å². The number of likely N-dealkylation sites (N-methyl/N-ethyl adjacent to an activating group) is 1. The van der Waals surface area contributed by atoms with Gasteiger partial charge in [0, 0.05) is 18.6 Å². The Labute approximate surface area is 130 Å². The van der Waals surface area contributed by atoms with E-state index in [1.54, 1.807) is 0 Å². The SMILES string of the molecule is CCCc1ccc(C(CN2CCC(C)CC2C)NC)cc1. The maximum atomic E-state index is 3.51. The monoisotopic (exact) mass is 288 g/mol. The number of nitrogens with one attached hydrogen (secondary N) is 1. The summed E-state index contributed by atoms with van der Waals surface area (Å²) in [5, 5.41) is 3.51. The van der Waals surface area contributed by atoms with Crippen LogP contribution in [0.1, 0.15) is 57.2 Å². The first kappa shape index (κ1) is 16.5. The van der Waals surface area contributed by atoms with Crippen molar-refractivity contribution in [2.45, 2.75) is 58.5 Å². The maximum Gasteiger partial charge on any atom is 0.0446 e. The summed E-state index contributed by atoms with van der Waals surface area (Å²) in [5.74, 6) is 0.887. The Kier molecular flexibility index (Phi) is 6.25. The van der Waals surface area contributed by atoms with Crippen molar-refractivity contribution >= 4 is 0 Å². The van der Waals surface area contributed by atoms with E-state index in [0.717, 1.165) is 12.5 Å². The van der Waals surface area contributed by atoms with E-state index in [0.29, 0.717) is 12.1 Å². The van der Waals surface area contributed by atoms with E-state index in [9.17, 15) is 0 Å². The van der Waals surface area contributed by atoms with Crippen LogP contribution in [0.15, 0.2) is 24.3 Å². The van der Waals surface area contributed by atoms with Gasteiger partial charge in [0.15, 0.2) is 0 Å². The zero-order chi connectivity index (χ0) is 15.2. The van der Waals surface area contributed by atoms with Gasteiger partial charge in [-0.2, -0.15) is 0 Å². The van der Waals surface area contributed by atoms with Crippen LogP contribution in [0, 0.1) is 5.92 Å². The second-order valence-corrected chi connectivity index (χ2v) is 6.81. The number of hydrogen-bond donors (Lipinski definition) is 1. The van der Waals surface area contributed by atoms with Crippen molar-refractivity contribution in [3.8, 4) is 0 Å². The molecule has 1 heterocycles. The highest BCUT2D eigenvalue weighted by molar-refractivity contribution is 5.25. The van der Waals surface area contributed by atoms with E-state index in [-0.39, 0.29) is 0 Å². The summed E-state index contributed by atoms with van der Waals surface area (Å²) < 4.78 is 0. The molecule has 0 bridgehead atoms. The average molecular weight is 288 g/mol. The first-order valence-electron chi connectivity index (χ1n) is 8.64. The molecule has 0 amide bonds. The topological polar surface area (TPSA) is 15.3 Å². The quantitative estimate of drug-likeness (QED) is 0.850. The second-order valence-electron chi connectivity index (χ2n) is 6.81. The Morgan fingerprint density at radius 3 is 2.52 bits per heavy atom. The Balaban J connectivity index is 1.98. The van der Waals surface area contributed by atoms with Crippen molar-refractivity contribution in [2.75, 3.05) is 20.1 Å². The minimum atomic E-state index is 0.441. The highest BCUT2D eigenvalue weighted by Gasteiger charge is 2.25. The smallest absolute Gasteiger partial charge is 0.0446 e. The average Bonchev–Trinajstić information content (AvgIpc) is 2.48. The Morgan fingerprint density at radius 2 is 1.95 bits per heavy atom. The van der Waals surface area contributed by atoms with Crippen LogP contribution in [0.5, 0.6) is 0 Å². The van der Waals surface area contributed by atoms with E-state index < -0.39 is 0 Å². The first-order chi connectivity index (χ1) is 10.1. The third kappa shape index (κ3) is 4.55. The molecule has 3 atom stereocenters. The first-order valence-corrected chi connectivity index (χ1v) is 8.64. The Morgan fingerprint density at radius 1 is 1.24 bits per heavy atom. The van der Waals surface area contributed by atoms with Gasteiger partial charge in [0.2, 0.25) is 0 Å². The largest absolute Gasteiger partial charge is 0.312 e. The van der Waals surface area contributed by atoms with Gasteiger partial charge in [-0.15, -0.1) is 0 Å². The van der Waals surface area contributed by atoms with Crippen LogP contribution in [-0.4, -0.2) is 31.1 Å². The lowest BCUT2D eigenvalue weighted by Gasteiger charge is -2.38. The van der Waals surface area contributed by atoms with Gasteiger partial charge >= 0.3 is 0 Å². The van der Waals surface area contributed by atoms with Crippen molar-refractivity contribution in [3.63, 3.8) is 0 Å².